The highest BCUT2D eigenvalue weighted by atomic mass is 19.1. The molecule has 0 radical (unpaired) electrons. The highest BCUT2D eigenvalue weighted by molar-refractivity contribution is 5.81. The van der Waals surface area contributed by atoms with E-state index in [4.69, 9.17) is 5.73 Å². The fourth-order valence-electron chi connectivity index (χ4n) is 1.81. The maximum atomic E-state index is 13.6. The molecule has 0 aliphatic rings. The molecule has 0 saturated heterocycles. The SMILES string of the molecule is CC(C)[C@H](N)C(=O)NCc1ccc(F)c(CN(C)C)c1. The van der Waals surface area contributed by atoms with Crippen molar-refractivity contribution in [2.75, 3.05) is 14.1 Å². The van der Waals surface area contributed by atoms with Crippen molar-refractivity contribution in [3.8, 4) is 0 Å². The normalized spacial score (nSPS) is 12.8. The van der Waals surface area contributed by atoms with Crippen LogP contribution in [0.25, 0.3) is 0 Å². The zero-order valence-corrected chi connectivity index (χ0v) is 12.6. The summed E-state index contributed by atoms with van der Waals surface area (Å²) in [5.41, 5.74) is 7.25. The molecule has 112 valence electrons. The Bertz CT molecular complexity index is 460. The van der Waals surface area contributed by atoms with E-state index in [1.54, 1.807) is 12.1 Å². The van der Waals surface area contributed by atoms with Crippen LogP contribution >= 0.6 is 0 Å². The second-order valence-electron chi connectivity index (χ2n) is 5.65. The van der Waals surface area contributed by atoms with Gasteiger partial charge in [0, 0.05) is 18.7 Å². The van der Waals surface area contributed by atoms with Crippen LogP contribution in [0.1, 0.15) is 25.0 Å². The Labute approximate surface area is 120 Å². The van der Waals surface area contributed by atoms with Gasteiger partial charge in [-0.2, -0.15) is 0 Å². The summed E-state index contributed by atoms with van der Waals surface area (Å²) in [7, 11) is 3.77. The molecule has 0 heterocycles. The number of amides is 1. The lowest BCUT2D eigenvalue weighted by Crippen LogP contribution is -2.43. The van der Waals surface area contributed by atoms with Gasteiger partial charge in [0.15, 0.2) is 0 Å². The van der Waals surface area contributed by atoms with Gasteiger partial charge in [-0.05, 0) is 37.7 Å². The van der Waals surface area contributed by atoms with Crippen molar-refractivity contribution in [3.05, 3.63) is 35.1 Å². The Morgan fingerprint density at radius 2 is 2.05 bits per heavy atom. The first kappa shape index (κ1) is 16.6. The molecule has 1 aromatic carbocycles. The van der Waals surface area contributed by atoms with Crippen LogP contribution in [-0.2, 0) is 17.9 Å². The lowest BCUT2D eigenvalue weighted by Gasteiger charge is -2.16. The zero-order chi connectivity index (χ0) is 15.3. The summed E-state index contributed by atoms with van der Waals surface area (Å²) in [5.74, 6) is -0.321. The van der Waals surface area contributed by atoms with Crippen molar-refractivity contribution in [3.63, 3.8) is 0 Å². The lowest BCUT2D eigenvalue weighted by atomic mass is 10.0. The Morgan fingerprint density at radius 1 is 1.40 bits per heavy atom. The Hall–Kier alpha value is -1.46. The first-order valence-electron chi connectivity index (χ1n) is 6.76. The number of nitrogens with one attached hydrogen (secondary N) is 1. The third-order valence-corrected chi connectivity index (χ3v) is 3.08. The minimum atomic E-state index is -0.517. The Balaban J connectivity index is 2.67. The summed E-state index contributed by atoms with van der Waals surface area (Å²) in [6.45, 7) is 4.69. The summed E-state index contributed by atoms with van der Waals surface area (Å²) in [6.07, 6.45) is 0. The van der Waals surface area contributed by atoms with Crippen LogP contribution in [0.5, 0.6) is 0 Å². The molecule has 0 aliphatic carbocycles. The number of nitrogens with two attached hydrogens (primary N) is 1. The largest absolute Gasteiger partial charge is 0.351 e. The van der Waals surface area contributed by atoms with Crippen molar-refractivity contribution in [1.29, 1.82) is 0 Å². The minimum absolute atomic E-state index is 0.0903. The molecular weight excluding hydrogens is 257 g/mol. The molecule has 1 aromatic rings. The fourth-order valence-corrected chi connectivity index (χ4v) is 1.81. The van der Waals surface area contributed by atoms with Gasteiger partial charge in [-0.1, -0.05) is 19.9 Å². The van der Waals surface area contributed by atoms with Gasteiger partial charge < -0.3 is 16.0 Å². The first-order chi connectivity index (χ1) is 9.31. The molecule has 1 atom stereocenters. The molecule has 0 bridgehead atoms. The van der Waals surface area contributed by atoms with E-state index >= 15 is 0 Å². The van der Waals surface area contributed by atoms with Crippen molar-refractivity contribution in [2.45, 2.75) is 33.0 Å². The number of benzene rings is 1. The second-order valence-corrected chi connectivity index (χ2v) is 5.65. The van der Waals surface area contributed by atoms with E-state index < -0.39 is 6.04 Å². The highest BCUT2D eigenvalue weighted by Crippen LogP contribution is 2.12. The van der Waals surface area contributed by atoms with Crippen molar-refractivity contribution >= 4 is 5.91 Å². The number of nitrogens with zero attached hydrogens (tertiary/aromatic N) is 1. The van der Waals surface area contributed by atoms with E-state index in [0.29, 0.717) is 18.7 Å². The van der Waals surface area contributed by atoms with E-state index in [0.717, 1.165) is 5.56 Å². The summed E-state index contributed by atoms with van der Waals surface area (Å²) < 4.78 is 13.6. The van der Waals surface area contributed by atoms with Crippen LogP contribution in [0.4, 0.5) is 4.39 Å². The quantitative estimate of drug-likeness (QED) is 0.830. The van der Waals surface area contributed by atoms with Gasteiger partial charge in [-0.15, -0.1) is 0 Å². The van der Waals surface area contributed by atoms with Crippen LogP contribution in [0.2, 0.25) is 0 Å². The van der Waals surface area contributed by atoms with E-state index in [1.807, 2.05) is 32.8 Å². The van der Waals surface area contributed by atoms with Crippen molar-refractivity contribution in [1.82, 2.24) is 10.2 Å². The molecule has 0 spiro atoms. The number of hydrogen-bond acceptors (Lipinski definition) is 3. The van der Waals surface area contributed by atoms with Gasteiger partial charge in [-0.3, -0.25) is 4.79 Å². The average molecular weight is 281 g/mol. The predicted molar refractivity (Wildman–Crippen MR) is 78.5 cm³/mol. The smallest absolute Gasteiger partial charge is 0.237 e. The maximum Gasteiger partial charge on any atom is 0.237 e. The van der Waals surface area contributed by atoms with Gasteiger partial charge in [-0.25, -0.2) is 4.39 Å². The van der Waals surface area contributed by atoms with E-state index in [2.05, 4.69) is 5.32 Å². The first-order valence-corrected chi connectivity index (χ1v) is 6.76. The van der Waals surface area contributed by atoms with Crippen LogP contribution in [0.3, 0.4) is 0 Å². The van der Waals surface area contributed by atoms with Crippen LogP contribution in [0, 0.1) is 11.7 Å². The highest BCUT2D eigenvalue weighted by Gasteiger charge is 2.16. The monoisotopic (exact) mass is 281 g/mol. The molecule has 0 fully saturated rings. The molecule has 0 aromatic heterocycles. The topological polar surface area (TPSA) is 58.4 Å². The van der Waals surface area contributed by atoms with Gasteiger partial charge in [0.25, 0.3) is 0 Å². The summed E-state index contributed by atoms with van der Waals surface area (Å²) in [4.78, 5) is 13.7. The van der Waals surface area contributed by atoms with Gasteiger partial charge in [0.1, 0.15) is 5.82 Å². The number of halogens is 1. The van der Waals surface area contributed by atoms with Crippen molar-refractivity contribution in [2.24, 2.45) is 11.7 Å². The molecule has 20 heavy (non-hydrogen) atoms. The third kappa shape index (κ3) is 4.90. The molecular formula is C15H24FN3O. The zero-order valence-electron chi connectivity index (χ0n) is 12.6. The van der Waals surface area contributed by atoms with Crippen LogP contribution in [0.15, 0.2) is 18.2 Å². The minimum Gasteiger partial charge on any atom is -0.351 e. The summed E-state index contributed by atoms with van der Waals surface area (Å²) in [5, 5.41) is 2.78. The standard InChI is InChI=1S/C15H24FN3O/c1-10(2)14(17)15(20)18-8-11-5-6-13(16)12(7-11)9-19(3)4/h5-7,10,14H,8-9,17H2,1-4H3,(H,18,20)/t14-/m0/s1. The summed E-state index contributed by atoms with van der Waals surface area (Å²) in [6, 6.07) is 4.37. The van der Waals surface area contributed by atoms with E-state index in [-0.39, 0.29) is 17.6 Å². The van der Waals surface area contributed by atoms with Crippen LogP contribution in [-0.4, -0.2) is 30.9 Å². The molecule has 0 saturated carbocycles. The van der Waals surface area contributed by atoms with E-state index in [1.165, 1.54) is 6.07 Å². The molecule has 0 unspecified atom stereocenters. The Kier molecular flexibility index (Phi) is 6.10. The van der Waals surface area contributed by atoms with E-state index in [9.17, 15) is 9.18 Å². The molecule has 5 heteroatoms. The molecule has 1 amide bonds. The molecule has 4 nitrogen and oxygen atoms in total. The molecule has 0 aliphatic heterocycles. The van der Waals surface area contributed by atoms with Crippen molar-refractivity contribution < 1.29 is 9.18 Å². The average Bonchev–Trinajstić information content (AvgIpc) is 2.37. The van der Waals surface area contributed by atoms with Gasteiger partial charge in [0.2, 0.25) is 5.91 Å². The fraction of sp³-hybridized carbons (Fsp3) is 0.533. The number of rotatable bonds is 6. The molecule has 1 rings (SSSR count). The lowest BCUT2D eigenvalue weighted by molar-refractivity contribution is -0.123. The second kappa shape index (κ2) is 7.36. The van der Waals surface area contributed by atoms with Gasteiger partial charge in [0.05, 0.1) is 6.04 Å². The van der Waals surface area contributed by atoms with Crippen LogP contribution < -0.4 is 11.1 Å². The Morgan fingerprint density at radius 3 is 2.60 bits per heavy atom. The number of carbonyl (C=O) groups is 1. The summed E-state index contributed by atoms with van der Waals surface area (Å²) >= 11 is 0. The number of carbonyl (C=O) groups excluding carboxylic acids is 1. The van der Waals surface area contributed by atoms with Gasteiger partial charge >= 0.3 is 0 Å². The predicted octanol–water partition coefficient (Wildman–Crippen LogP) is 1.49. The maximum absolute atomic E-state index is 13.6. The third-order valence-electron chi connectivity index (χ3n) is 3.08. The molecule has 3 N–H and O–H groups in total. The number of hydrogen-bond donors (Lipinski definition) is 2.